The zero-order valence-corrected chi connectivity index (χ0v) is 17.1. The Morgan fingerprint density at radius 1 is 1.10 bits per heavy atom. The summed E-state index contributed by atoms with van der Waals surface area (Å²) in [5.41, 5.74) is -1.20. The molecule has 0 heterocycles. The van der Waals surface area contributed by atoms with Gasteiger partial charge in [0.15, 0.2) is 5.78 Å². The second-order valence-electron chi connectivity index (χ2n) is 6.94. The maximum atomic E-state index is 14.7. The number of hydrogen-bond acceptors (Lipinski definition) is 1. The van der Waals surface area contributed by atoms with Crippen molar-refractivity contribution in [1.29, 1.82) is 0 Å². The molecule has 1 nitrogen and oxygen atoms in total. The van der Waals surface area contributed by atoms with E-state index in [-0.39, 0.29) is 16.1 Å². The molecule has 2 rings (SSSR count). The van der Waals surface area contributed by atoms with E-state index in [0.29, 0.717) is 31.1 Å². The first-order chi connectivity index (χ1) is 13.8. The molecule has 0 radical (unpaired) electrons. The minimum atomic E-state index is -4.84. The van der Waals surface area contributed by atoms with Crippen LogP contribution in [0.4, 0.5) is 26.3 Å². The third-order valence-electron chi connectivity index (χ3n) is 4.63. The van der Waals surface area contributed by atoms with E-state index < -0.39 is 40.8 Å². The van der Waals surface area contributed by atoms with Crippen LogP contribution in [-0.4, -0.2) is 12.0 Å². The number of Topliss-reactive ketones (excluding diaryl/α,β-unsaturated/α-hetero) is 1. The van der Waals surface area contributed by atoms with E-state index in [1.807, 2.05) is 0 Å². The molecule has 0 amide bonds. The van der Waals surface area contributed by atoms with Crippen LogP contribution >= 0.6 is 11.6 Å². The fourth-order valence-corrected chi connectivity index (χ4v) is 3.35. The first-order valence-corrected chi connectivity index (χ1v) is 9.39. The second kappa shape index (κ2) is 8.84. The Hall–Kier alpha value is -2.28. The summed E-state index contributed by atoms with van der Waals surface area (Å²) in [5, 5.41) is 0.122. The van der Waals surface area contributed by atoms with Crippen LogP contribution in [0.15, 0.2) is 42.5 Å². The summed E-state index contributed by atoms with van der Waals surface area (Å²) in [6, 6.07) is 6.43. The molecule has 0 aromatic heterocycles. The number of halogens is 7. The Kier molecular flexibility index (Phi) is 7.07. The molecule has 0 aliphatic carbocycles. The Balaban J connectivity index is 2.57. The number of carbonyl (C=O) groups excluding carboxylic acids is 1. The molecule has 30 heavy (non-hydrogen) atoms. The lowest BCUT2D eigenvalue weighted by Gasteiger charge is -2.19. The van der Waals surface area contributed by atoms with Crippen molar-refractivity contribution in [1.82, 2.24) is 0 Å². The van der Waals surface area contributed by atoms with Crippen molar-refractivity contribution in [2.75, 3.05) is 0 Å². The molecule has 8 heteroatoms. The number of alkyl halides is 5. The summed E-state index contributed by atoms with van der Waals surface area (Å²) in [4.78, 5) is 11.6. The van der Waals surface area contributed by atoms with Crippen LogP contribution in [0.2, 0.25) is 5.02 Å². The van der Waals surface area contributed by atoms with Gasteiger partial charge in [-0.25, -0.2) is 13.2 Å². The summed E-state index contributed by atoms with van der Waals surface area (Å²) < 4.78 is 83.3. The molecule has 0 aliphatic heterocycles. The highest BCUT2D eigenvalue weighted by atomic mass is 35.5. The molecule has 1 unspecified atom stereocenters. The van der Waals surface area contributed by atoms with Crippen LogP contribution in [0.5, 0.6) is 0 Å². The quantitative estimate of drug-likeness (QED) is 0.324. The summed E-state index contributed by atoms with van der Waals surface area (Å²) >= 11 is 6.00. The summed E-state index contributed by atoms with van der Waals surface area (Å²) in [5.74, 6) is -7.82. The third-order valence-corrected chi connectivity index (χ3v) is 4.98. The predicted octanol–water partition coefficient (Wildman–Crippen LogP) is 7.87. The normalized spacial score (nSPS) is 14.0. The van der Waals surface area contributed by atoms with Crippen molar-refractivity contribution in [2.24, 2.45) is 0 Å². The first-order valence-electron chi connectivity index (χ1n) is 9.01. The molecule has 162 valence electrons. The average molecular weight is 449 g/mol. The maximum absolute atomic E-state index is 14.7. The zero-order valence-electron chi connectivity index (χ0n) is 16.4. The van der Waals surface area contributed by atoms with Crippen LogP contribution in [0.1, 0.15) is 59.3 Å². The van der Waals surface area contributed by atoms with Crippen LogP contribution in [0.25, 0.3) is 5.83 Å². The van der Waals surface area contributed by atoms with Gasteiger partial charge >= 0.3 is 6.18 Å². The molecule has 0 spiro atoms. The van der Waals surface area contributed by atoms with Gasteiger partial charge in [-0.3, -0.25) is 4.79 Å². The van der Waals surface area contributed by atoms with Gasteiger partial charge < -0.3 is 0 Å². The number of allylic oxidation sites excluding steroid dienone is 1. The monoisotopic (exact) mass is 448 g/mol. The molecule has 0 saturated heterocycles. The molecule has 0 aliphatic rings. The van der Waals surface area contributed by atoms with E-state index >= 15 is 0 Å². The van der Waals surface area contributed by atoms with Gasteiger partial charge in [0.25, 0.3) is 5.92 Å². The van der Waals surface area contributed by atoms with Crippen molar-refractivity contribution in [2.45, 2.75) is 45.2 Å². The van der Waals surface area contributed by atoms with Gasteiger partial charge in [-0.15, -0.1) is 0 Å². The molecule has 1 atom stereocenters. The predicted molar refractivity (Wildman–Crippen MR) is 105 cm³/mol. The highest BCUT2D eigenvalue weighted by Gasteiger charge is 2.40. The van der Waals surface area contributed by atoms with Crippen LogP contribution in [0, 0.1) is 0 Å². The van der Waals surface area contributed by atoms with Gasteiger partial charge in [0, 0.05) is 28.6 Å². The van der Waals surface area contributed by atoms with Crippen molar-refractivity contribution in [3.8, 4) is 0 Å². The molecule has 0 fully saturated rings. The van der Waals surface area contributed by atoms with Gasteiger partial charge in [0.1, 0.15) is 11.7 Å². The van der Waals surface area contributed by atoms with E-state index in [1.54, 1.807) is 6.92 Å². The summed E-state index contributed by atoms with van der Waals surface area (Å²) in [6.45, 7) is 3.38. The molecule has 0 bridgehead atoms. The van der Waals surface area contributed by atoms with Crippen molar-refractivity contribution >= 4 is 23.2 Å². The van der Waals surface area contributed by atoms with Crippen LogP contribution < -0.4 is 0 Å². The van der Waals surface area contributed by atoms with Crippen LogP contribution in [0.3, 0.4) is 0 Å². The largest absolute Gasteiger partial charge is 0.399 e. The lowest BCUT2D eigenvalue weighted by atomic mass is 9.93. The molecule has 2 aromatic rings. The minimum Gasteiger partial charge on any atom is -0.294 e. The fourth-order valence-electron chi connectivity index (χ4n) is 3.03. The Bertz CT molecular complexity index is 973. The number of rotatable bonds is 6. The van der Waals surface area contributed by atoms with Gasteiger partial charge in [-0.05, 0) is 42.7 Å². The zero-order chi connectivity index (χ0) is 22.9. The Labute approximate surface area is 175 Å². The van der Waals surface area contributed by atoms with E-state index in [2.05, 4.69) is 0 Å². The average Bonchev–Trinajstić information content (AvgIpc) is 2.63. The number of aryl methyl sites for hydroxylation is 1. The lowest BCUT2D eigenvalue weighted by Crippen LogP contribution is -2.19. The summed E-state index contributed by atoms with van der Waals surface area (Å²) in [7, 11) is 0. The van der Waals surface area contributed by atoms with Gasteiger partial charge in [0.2, 0.25) is 0 Å². The van der Waals surface area contributed by atoms with Gasteiger partial charge in [-0.1, -0.05) is 42.8 Å². The third kappa shape index (κ3) is 5.45. The lowest BCUT2D eigenvalue weighted by molar-refractivity contribution is -0.139. The van der Waals surface area contributed by atoms with Crippen molar-refractivity contribution in [3.63, 3.8) is 0 Å². The van der Waals surface area contributed by atoms with Crippen molar-refractivity contribution in [3.05, 3.63) is 75.3 Å². The maximum Gasteiger partial charge on any atom is 0.399 e. The Morgan fingerprint density at radius 2 is 1.73 bits per heavy atom. The fraction of sp³-hybridized carbons (Fsp3) is 0.318. The second-order valence-corrected chi connectivity index (χ2v) is 7.35. The molecular formula is C22H19ClF6O. The Morgan fingerprint density at radius 3 is 2.20 bits per heavy atom. The van der Waals surface area contributed by atoms with E-state index in [9.17, 15) is 31.1 Å². The standard InChI is InChI=1S/C22H19ClF6O/c1-4-13-5-6-14(10-19(13)23)17(22(27,28)29)11-20(24)15-7-8-16(12(2)30)18(9-15)21(3,25)26/h5-11,17H,4H2,1-3H3/b20-11-. The first kappa shape index (κ1) is 24.0. The number of ketones is 1. The van der Waals surface area contributed by atoms with E-state index in [4.69, 9.17) is 11.6 Å². The highest BCUT2D eigenvalue weighted by Crippen LogP contribution is 2.40. The SMILES string of the molecule is CCc1ccc(C(/C=C(\F)c2ccc(C(C)=O)c(C(C)(F)F)c2)C(F)(F)F)cc1Cl. The molecule has 0 saturated carbocycles. The number of carbonyl (C=O) groups is 1. The van der Waals surface area contributed by atoms with Crippen LogP contribution in [-0.2, 0) is 12.3 Å². The molecule has 2 aromatic carbocycles. The smallest absolute Gasteiger partial charge is 0.294 e. The van der Waals surface area contributed by atoms with Gasteiger partial charge in [0.05, 0.1) is 0 Å². The number of benzene rings is 2. The topological polar surface area (TPSA) is 17.1 Å². The summed E-state index contributed by atoms with van der Waals surface area (Å²) in [6.07, 6.45) is -4.01. The van der Waals surface area contributed by atoms with Gasteiger partial charge in [-0.2, -0.15) is 13.2 Å². The minimum absolute atomic E-state index is 0.122. The van der Waals surface area contributed by atoms with E-state index in [0.717, 1.165) is 25.1 Å². The molecule has 0 N–H and O–H groups in total. The number of hydrogen-bond donors (Lipinski definition) is 0. The van der Waals surface area contributed by atoms with Crippen molar-refractivity contribution < 1.29 is 31.1 Å². The molecular weight excluding hydrogens is 430 g/mol. The highest BCUT2D eigenvalue weighted by molar-refractivity contribution is 6.31. The van der Waals surface area contributed by atoms with E-state index in [1.165, 1.54) is 12.1 Å².